The molecule has 3 rings (SSSR count). The molecule has 24 heavy (non-hydrogen) atoms. The van der Waals surface area contributed by atoms with Crippen molar-refractivity contribution in [3.05, 3.63) is 52.9 Å². The molecule has 1 aromatic carbocycles. The van der Waals surface area contributed by atoms with Crippen molar-refractivity contribution in [3.8, 4) is 11.8 Å². The summed E-state index contributed by atoms with van der Waals surface area (Å²) in [6.45, 7) is 3.73. The fourth-order valence-electron chi connectivity index (χ4n) is 2.81. The Morgan fingerprint density at radius 3 is 3.00 bits per heavy atom. The number of fused-ring (bicyclic) bond motifs is 1. The Labute approximate surface area is 138 Å². The Morgan fingerprint density at radius 2 is 2.33 bits per heavy atom. The number of hydrogen-bond donors (Lipinski definition) is 2. The second-order valence-corrected chi connectivity index (χ2v) is 5.34. The first-order valence-electron chi connectivity index (χ1n) is 7.48. The van der Waals surface area contributed by atoms with E-state index in [1.165, 1.54) is 6.20 Å². The number of aromatic hydroxyl groups is 1. The molecule has 0 radical (unpaired) electrons. The smallest absolute Gasteiger partial charge is 0.338 e. The van der Waals surface area contributed by atoms with Crippen LogP contribution in [-0.2, 0) is 9.53 Å². The van der Waals surface area contributed by atoms with Gasteiger partial charge in [-0.1, -0.05) is 12.1 Å². The van der Waals surface area contributed by atoms with E-state index in [2.05, 4.69) is 16.5 Å². The van der Waals surface area contributed by atoms with E-state index in [1.54, 1.807) is 42.8 Å². The predicted octanol–water partition coefficient (Wildman–Crippen LogP) is 2.31. The van der Waals surface area contributed by atoms with E-state index in [0.717, 1.165) is 0 Å². The maximum Gasteiger partial charge on any atom is 0.338 e. The van der Waals surface area contributed by atoms with Gasteiger partial charge in [0.15, 0.2) is 0 Å². The molecule has 7 heteroatoms. The van der Waals surface area contributed by atoms with Gasteiger partial charge in [0.2, 0.25) is 0 Å². The number of esters is 1. The summed E-state index contributed by atoms with van der Waals surface area (Å²) in [5.41, 5.74) is 2.03. The highest BCUT2D eigenvalue weighted by molar-refractivity contribution is 5.92. The van der Waals surface area contributed by atoms with Gasteiger partial charge in [-0.25, -0.2) is 9.48 Å². The number of carbonyl (C=O) groups excluding carboxylic acids is 1. The molecule has 2 aromatic rings. The molecule has 0 fully saturated rings. The standard InChI is InChI=1S/C17H16N4O3/c1-3-24-17(23)14-10(2)20-16-12(8-18)9-19-21(16)15(14)11-5-4-6-13(22)7-11/h4-7,9,15,20,22H,3H2,1-2H3/t15-/m1/s1. The average molecular weight is 324 g/mol. The molecule has 0 aliphatic carbocycles. The molecule has 1 aromatic heterocycles. The first kappa shape index (κ1) is 15.6. The lowest BCUT2D eigenvalue weighted by atomic mass is 9.95. The van der Waals surface area contributed by atoms with Crippen molar-refractivity contribution in [2.24, 2.45) is 0 Å². The minimum absolute atomic E-state index is 0.0844. The van der Waals surface area contributed by atoms with Gasteiger partial charge in [-0.05, 0) is 31.5 Å². The van der Waals surface area contributed by atoms with Crippen LogP contribution in [0.15, 0.2) is 41.7 Å². The van der Waals surface area contributed by atoms with E-state index < -0.39 is 12.0 Å². The summed E-state index contributed by atoms with van der Waals surface area (Å²) in [4.78, 5) is 12.5. The number of phenols is 1. The molecule has 2 heterocycles. The SMILES string of the molecule is CCOC(=O)C1=C(C)Nc2c(C#N)cnn2[C@@H]1c1cccc(O)c1. The second kappa shape index (κ2) is 6.08. The lowest BCUT2D eigenvalue weighted by Crippen LogP contribution is -2.29. The van der Waals surface area contributed by atoms with Gasteiger partial charge >= 0.3 is 5.97 Å². The summed E-state index contributed by atoms with van der Waals surface area (Å²) < 4.78 is 6.74. The fourth-order valence-corrected chi connectivity index (χ4v) is 2.81. The Balaban J connectivity index is 2.21. The number of phenolic OH excluding ortho intramolecular Hbond substituents is 1. The highest BCUT2D eigenvalue weighted by Crippen LogP contribution is 2.38. The summed E-state index contributed by atoms with van der Waals surface area (Å²) in [5.74, 6) is 0.132. The van der Waals surface area contributed by atoms with Crippen LogP contribution in [0.2, 0.25) is 0 Å². The molecule has 122 valence electrons. The lowest BCUT2D eigenvalue weighted by Gasteiger charge is -2.29. The Hall–Kier alpha value is -3.27. The molecule has 1 aliphatic heterocycles. The average Bonchev–Trinajstić information content (AvgIpc) is 2.96. The van der Waals surface area contributed by atoms with E-state index in [1.807, 2.05) is 0 Å². The van der Waals surface area contributed by atoms with E-state index in [0.29, 0.717) is 28.2 Å². The first-order valence-corrected chi connectivity index (χ1v) is 7.48. The lowest BCUT2D eigenvalue weighted by molar-refractivity contribution is -0.139. The van der Waals surface area contributed by atoms with Crippen molar-refractivity contribution >= 4 is 11.8 Å². The maximum atomic E-state index is 12.5. The van der Waals surface area contributed by atoms with Gasteiger partial charge in [0.05, 0.1) is 18.4 Å². The van der Waals surface area contributed by atoms with Crippen LogP contribution in [0.3, 0.4) is 0 Å². The zero-order chi connectivity index (χ0) is 17.3. The first-order chi connectivity index (χ1) is 11.6. The van der Waals surface area contributed by atoms with Crippen LogP contribution in [-0.4, -0.2) is 27.5 Å². The molecule has 2 N–H and O–H groups in total. The fraction of sp³-hybridized carbons (Fsp3) is 0.235. The number of allylic oxidation sites excluding steroid dienone is 1. The summed E-state index contributed by atoms with van der Waals surface area (Å²) in [6.07, 6.45) is 1.44. The molecule has 0 saturated heterocycles. The number of benzene rings is 1. The van der Waals surface area contributed by atoms with Gasteiger partial charge in [0.1, 0.15) is 29.2 Å². The monoisotopic (exact) mass is 324 g/mol. The third-order valence-electron chi connectivity index (χ3n) is 3.83. The molecule has 0 saturated carbocycles. The topological polar surface area (TPSA) is 100 Å². The van der Waals surface area contributed by atoms with E-state index >= 15 is 0 Å². The number of nitrogens with one attached hydrogen (secondary N) is 1. The maximum absolute atomic E-state index is 12.5. The second-order valence-electron chi connectivity index (χ2n) is 5.34. The van der Waals surface area contributed by atoms with Crippen LogP contribution in [0.1, 0.15) is 31.0 Å². The molecule has 1 aliphatic rings. The molecule has 7 nitrogen and oxygen atoms in total. The number of ether oxygens (including phenoxy) is 1. The largest absolute Gasteiger partial charge is 0.508 e. The van der Waals surface area contributed by atoms with Gasteiger partial charge in [0, 0.05) is 5.70 Å². The Morgan fingerprint density at radius 1 is 1.54 bits per heavy atom. The van der Waals surface area contributed by atoms with Gasteiger partial charge in [-0.2, -0.15) is 10.4 Å². The molecular formula is C17H16N4O3. The van der Waals surface area contributed by atoms with Crippen molar-refractivity contribution in [1.29, 1.82) is 5.26 Å². The number of nitriles is 1. The normalized spacial score (nSPS) is 16.1. The van der Waals surface area contributed by atoms with Crippen LogP contribution in [0, 0.1) is 11.3 Å². The zero-order valence-electron chi connectivity index (χ0n) is 13.3. The van der Waals surface area contributed by atoms with Crippen LogP contribution in [0.4, 0.5) is 5.82 Å². The van der Waals surface area contributed by atoms with Gasteiger partial charge in [0.25, 0.3) is 0 Å². The summed E-state index contributed by atoms with van der Waals surface area (Å²) >= 11 is 0. The number of anilines is 1. The quantitative estimate of drug-likeness (QED) is 0.840. The molecular weight excluding hydrogens is 308 g/mol. The zero-order valence-corrected chi connectivity index (χ0v) is 13.3. The highest BCUT2D eigenvalue weighted by atomic mass is 16.5. The third-order valence-corrected chi connectivity index (χ3v) is 3.83. The van der Waals surface area contributed by atoms with Crippen molar-refractivity contribution in [2.75, 3.05) is 11.9 Å². The molecule has 1 atom stereocenters. The van der Waals surface area contributed by atoms with Gasteiger partial charge in [-0.15, -0.1) is 0 Å². The van der Waals surface area contributed by atoms with E-state index in [4.69, 9.17) is 4.74 Å². The molecule has 0 amide bonds. The van der Waals surface area contributed by atoms with Crippen LogP contribution in [0.5, 0.6) is 5.75 Å². The van der Waals surface area contributed by atoms with Gasteiger partial charge < -0.3 is 15.2 Å². The summed E-state index contributed by atoms with van der Waals surface area (Å²) in [6, 6.07) is 8.09. The number of aromatic nitrogens is 2. The number of rotatable bonds is 3. The van der Waals surface area contributed by atoms with Crippen LogP contribution in [0.25, 0.3) is 0 Å². The summed E-state index contributed by atoms with van der Waals surface area (Å²) in [5, 5.41) is 26.4. The van der Waals surface area contributed by atoms with Crippen molar-refractivity contribution < 1.29 is 14.6 Å². The number of hydrogen-bond acceptors (Lipinski definition) is 6. The Bertz CT molecular complexity index is 876. The minimum atomic E-state index is -0.588. The third kappa shape index (κ3) is 2.48. The van der Waals surface area contributed by atoms with Crippen molar-refractivity contribution in [2.45, 2.75) is 19.9 Å². The molecule has 0 unspecified atom stereocenters. The summed E-state index contributed by atoms with van der Waals surface area (Å²) in [7, 11) is 0. The van der Waals surface area contributed by atoms with Crippen molar-refractivity contribution in [3.63, 3.8) is 0 Å². The van der Waals surface area contributed by atoms with Crippen LogP contribution >= 0.6 is 0 Å². The van der Waals surface area contributed by atoms with E-state index in [9.17, 15) is 15.2 Å². The van der Waals surface area contributed by atoms with Gasteiger partial charge in [-0.3, -0.25) is 0 Å². The number of carbonyl (C=O) groups is 1. The van der Waals surface area contributed by atoms with Crippen LogP contribution < -0.4 is 5.32 Å². The minimum Gasteiger partial charge on any atom is -0.508 e. The number of nitrogens with zero attached hydrogens (tertiary/aromatic N) is 3. The highest BCUT2D eigenvalue weighted by Gasteiger charge is 2.35. The molecule has 0 spiro atoms. The molecule has 0 bridgehead atoms. The van der Waals surface area contributed by atoms with E-state index in [-0.39, 0.29) is 12.4 Å². The van der Waals surface area contributed by atoms with Crippen molar-refractivity contribution in [1.82, 2.24) is 9.78 Å². The Kier molecular flexibility index (Phi) is 3.96. The predicted molar refractivity (Wildman–Crippen MR) is 86.1 cm³/mol.